The predicted molar refractivity (Wildman–Crippen MR) is 138 cm³/mol. The molecule has 1 amide bonds. The van der Waals surface area contributed by atoms with Gasteiger partial charge in [0.25, 0.3) is 27.3 Å². The van der Waals surface area contributed by atoms with Crippen molar-refractivity contribution in [2.45, 2.75) is 11.8 Å². The number of benzene rings is 3. The van der Waals surface area contributed by atoms with Crippen LogP contribution in [0.25, 0.3) is 0 Å². The number of anilines is 2. The summed E-state index contributed by atoms with van der Waals surface area (Å²) in [5.74, 6) is -0.310. The van der Waals surface area contributed by atoms with E-state index < -0.39 is 37.2 Å². The lowest BCUT2D eigenvalue weighted by Crippen LogP contribution is -2.34. The van der Waals surface area contributed by atoms with Gasteiger partial charge in [-0.3, -0.25) is 35.1 Å². The molecule has 0 aliphatic rings. The Morgan fingerprint density at radius 3 is 1.97 bits per heavy atom. The molecule has 0 unspecified atom stereocenters. The largest absolute Gasteiger partial charge is 0.494 e. The molecule has 0 aliphatic carbocycles. The third-order valence-corrected chi connectivity index (χ3v) is 6.25. The van der Waals surface area contributed by atoms with E-state index in [2.05, 4.69) is 15.4 Å². The zero-order valence-corrected chi connectivity index (χ0v) is 20.7. The van der Waals surface area contributed by atoms with Gasteiger partial charge in [-0.1, -0.05) is 0 Å². The number of carbonyl (C=O) groups excluding carboxylic acids is 1. The minimum absolute atomic E-state index is 0.0363. The standard InChI is InChI=1S/C22H19N5O8S2/c1-2-35-19-7-3-16(4-8-19)25-37(33,34)20-9-5-15(6-10-20)23-22(36)24-21(28)14-11-17(26(29)30)13-18(12-14)27(31)32/h3-13,25H,2H2,1H3,(H2,23,24,28,36). The molecule has 13 nitrogen and oxygen atoms in total. The fraction of sp³-hybridized carbons (Fsp3) is 0.0909. The number of nitro groups is 2. The minimum atomic E-state index is -3.89. The zero-order chi connectivity index (χ0) is 27.2. The fourth-order valence-electron chi connectivity index (χ4n) is 2.99. The lowest BCUT2D eigenvalue weighted by Gasteiger charge is -2.12. The van der Waals surface area contributed by atoms with E-state index in [1.54, 1.807) is 24.3 Å². The maximum atomic E-state index is 12.7. The summed E-state index contributed by atoms with van der Waals surface area (Å²) in [7, 11) is -3.89. The first-order valence-electron chi connectivity index (χ1n) is 10.4. The van der Waals surface area contributed by atoms with Crippen LogP contribution in [-0.2, 0) is 10.0 Å². The number of sulfonamides is 1. The summed E-state index contributed by atoms with van der Waals surface area (Å²) in [4.78, 5) is 32.7. The smallest absolute Gasteiger partial charge is 0.277 e. The highest BCUT2D eigenvalue weighted by atomic mass is 32.2. The van der Waals surface area contributed by atoms with E-state index in [0.717, 1.165) is 18.2 Å². The topological polar surface area (TPSA) is 183 Å². The van der Waals surface area contributed by atoms with Crippen LogP contribution < -0.4 is 20.1 Å². The van der Waals surface area contributed by atoms with E-state index in [1.165, 1.54) is 24.3 Å². The second kappa shape index (κ2) is 11.4. The van der Waals surface area contributed by atoms with E-state index in [0.29, 0.717) is 23.7 Å². The lowest BCUT2D eigenvalue weighted by molar-refractivity contribution is -0.394. The second-order valence-corrected chi connectivity index (χ2v) is 9.34. The molecule has 3 aromatic rings. The first kappa shape index (κ1) is 27.0. The molecule has 0 saturated carbocycles. The average molecular weight is 546 g/mol. The SMILES string of the molecule is CCOc1ccc(NS(=O)(=O)c2ccc(NC(=S)NC(=O)c3cc([N+](=O)[O-])cc([N+](=O)[O-])c3)cc2)cc1. The number of hydrogen-bond donors (Lipinski definition) is 3. The van der Waals surface area contributed by atoms with Gasteiger partial charge in [-0.05, 0) is 67.7 Å². The summed E-state index contributed by atoms with van der Waals surface area (Å²) >= 11 is 5.05. The third kappa shape index (κ3) is 7.18. The van der Waals surface area contributed by atoms with E-state index in [9.17, 15) is 33.4 Å². The van der Waals surface area contributed by atoms with Crippen molar-refractivity contribution in [3.8, 4) is 5.75 Å². The minimum Gasteiger partial charge on any atom is -0.494 e. The summed E-state index contributed by atoms with van der Waals surface area (Å²) < 4.78 is 33.1. The van der Waals surface area contributed by atoms with Crippen molar-refractivity contribution >= 4 is 56.0 Å². The van der Waals surface area contributed by atoms with Gasteiger partial charge in [0.2, 0.25) is 0 Å². The van der Waals surface area contributed by atoms with Gasteiger partial charge in [0.05, 0.1) is 33.0 Å². The van der Waals surface area contributed by atoms with Gasteiger partial charge < -0.3 is 10.1 Å². The van der Waals surface area contributed by atoms with E-state index in [1.807, 2.05) is 6.92 Å². The summed E-state index contributed by atoms with van der Waals surface area (Å²) in [6.07, 6.45) is 0. The molecular formula is C22H19N5O8S2. The van der Waals surface area contributed by atoms with Crippen LogP contribution in [0, 0.1) is 20.2 Å². The van der Waals surface area contributed by atoms with Crippen LogP contribution in [-0.4, -0.2) is 35.9 Å². The number of nitrogens with one attached hydrogen (secondary N) is 3. The van der Waals surface area contributed by atoms with Crippen molar-refractivity contribution in [2.75, 3.05) is 16.6 Å². The van der Waals surface area contributed by atoms with Crippen LogP contribution in [0.5, 0.6) is 5.75 Å². The van der Waals surface area contributed by atoms with Crippen LogP contribution in [0.15, 0.2) is 71.6 Å². The highest BCUT2D eigenvalue weighted by molar-refractivity contribution is 7.92. The van der Waals surface area contributed by atoms with Crippen LogP contribution >= 0.6 is 12.2 Å². The number of nitro benzene ring substituents is 2. The Bertz CT molecular complexity index is 1430. The Morgan fingerprint density at radius 1 is 0.919 bits per heavy atom. The molecule has 3 aromatic carbocycles. The number of amides is 1. The maximum Gasteiger partial charge on any atom is 0.277 e. The normalized spacial score (nSPS) is 10.7. The number of ether oxygens (including phenoxy) is 1. The summed E-state index contributed by atoms with van der Waals surface area (Å²) in [5, 5.41) is 26.7. The van der Waals surface area contributed by atoms with Gasteiger partial charge in [0, 0.05) is 23.5 Å². The average Bonchev–Trinajstić information content (AvgIpc) is 2.85. The third-order valence-electron chi connectivity index (χ3n) is 4.65. The Labute approximate surface area is 215 Å². The highest BCUT2D eigenvalue weighted by Crippen LogP contribution is 2.23. The molecule has 0 saturated heterocycles. The van der Waals surface area contributed by atoms with Crippen molar-refractivity contribution in [3.63, 3.8) is 0 Å². The zero-order valence-electron chi connectivity index (χ0n) is 19.0. The molecule has 0 atom stereocenters. The molecule has 0 radical (unpaired) electrons. The number of hydrogen-bond acceptors (Lipinski definition) is 9. The molecule has 3 N–H and O–H groups in total. The molecule has 0 aromatic heterocycles. The molecule has 15 heteroatoms. The molecule has 0 bridgehead atoms. The molecule has 3 rings (SSSR count). The number of carbonyl (C=O) groups is 1. The first-order chi connectivity index (χ1) is 17.5. The predicted octanol–water partition coefficient (Wildman–Crippen LogP) is 3.83. The van der Waals surface area contributed by atoms with Gasteiger partial charge in [-0.2, -0.15) is 0 Å². The molecule has 0 aliphatic heterocycles. The summed E-state index contributed by atoms with van der Waals surface area (Å²) in [5.41, 5.74) is -0.930. The number of rotatable bonds is 9. The van der Waals surface area contributed by atoms with Crippen molar-refractivity contribution in [1.29, 1.82) is 0 Å². The monoisotopic (exact) mass is 545 g/mol. The van der Waals surface area contributed by atoms with Gasteiger partial charge in [0.1, 0.15) is 5.75 Å². The second-order valence-electron chi connectivity index (χ2n) is 7.25. The molecule has 0 heterocycles. The molecular weight excluding hydrogens is 526 g/mol. The Morgan fingerprint density at radius 2 is 1.46 bits per heavy atom. The number of nitrogens with zero attached hydrogens (tertiary/aromatic N) is 2. The van der Waals surface area contributed by atoms with Gasteiger partial charge >= 0.3 is 0 Å². The summed E-state index contributed by atoms with van der Waals surface area (Å²) in [6.45, 7) is 2.32. The fourth-order valence-corrected chi connectivity index (χ4v) is 4.26. The van der Waals surface area contributed by atoms with E-state index >= 15 is 0 Å². The molecule has 37 heavy (non-hydrogen) atoms. The van der Waals surface area contributed by atoms with Gasteiger partial charge in [0.15, 0.2) is 5.11 Å². The Kier molecular flexibility index (Phi) is 8.31. The molecule has 0 fully saturated rings. The maximum absolute atomic E-state index is 12.7. The van der Waals surface area contributed by atoms with Crippen molar-refractivity contribution in [1.82, 2.24) is 5.32 Å². The highest BCUT2D eigenvalue weighted by Gasteiger charge is 2.20. The van der Waals surface area contributed by atoms with Crippen LogP contribution in [0.4, 0.5) is 22.7 Å². The Balaban J connectivity index is 1.65. The number of non-ortho nitro benzene ring substituents is 2. The van der Waals surface area contributed by atoms with Crippen molar-refractivity contribution < 1.29 is 27.8 Å². The van der Waals surface area contributed by atoms with Crippen LogP contribution in [0.2, 0.25) is 0 Å². The van der Waals surface area contributed by atoms with Gasteiger partial charge in [-0.25, -0.2) is 8.42 Å². The van der Waals surface area contributed by atoms with Crippen LogP contribution in [0.1, 0.15) is 17.3 Å². The van der Waals surface area contributed by atoms with Crippen molar-refractivity contribution in [2.24, 2.45) is 0 Å². The molecule has 192 valence electrons. The summed E-state index contributed by atoms with van der Waals surface area (Å²) in [6, 6.07) is 14.3. The number of thiocarbonyl (C=S) groups is 1. The van der Waals surface area contributed by atoms with Gasteiger partial charge in [-0.15, -0.1) is 0 Å². The Hall–Kier alpha value is -4.63. The van der Waals surface area contributed by atoms with Crippen LogP contribution in [0.3, 0.4) is 0 Å². The van der Waals surface area contributed by atoms with E-state index in [4.69, 9.17) is 17.0 Å². The van der Waals surface area contributed by atoms with Crippen molar-refractivity contribution in [3.05, 3.63) is 92.5 Å². The first-order valence-corrected chi connectivity index (χ1v) is 12.3. The van der Waals surface area contributed by atoms with E-state index in [-0.39, 0.29) is 15.6 Å². The molecule has 0 spiro atoms. The lowest BCUT2D eigenvalue weighted by atomic mass is 10.1. The quantitative estimate of drug-likeness (QED) is 0.203.